The van der Waals surface area contributed by atoms with Gasteiger partial charge in [-0.05, 0) is 19.4 Å². The smallest absolute Gasteiger partial charge is 0.414 e. The summed E-state index contributed by atoms with van der Waals surface area (Å²) in [5, 5.41) is 0. The molecule has 24 heavy (non-hydrogen) atoms. The van der Waals surface area contributed by atoms with Crippen LogP contribution in [0.15, 0.2) is 12.1 Å². The Morgan fingerprint density at radius 1 is 1.33 bits per heavy atom. The number of benzene rings is 1. The molecule has 0 amide bonds. The van der Waals surface area contributed by atoms with Gasteiger partial charge in [-0.15, -0.1) is 0 Å². The standard InChI is InChI=1S/C15H15F5O4/c1-3-23-14(21)13-8(6-10(24-13)15(18,19)20)7-4-5-9(16)11(17)12(7)22-2/h4-5,8,10,13H,3,6H2,1-2H3. The molecule has 1 aliphatic heterocycles. The van der Waals surface area contributed by atoms with E-state index in [4.69, 9.17) is 14.2 Å². The van der Waals surface area contributed by atoms with Gasteiger partial charge in [0.2, 0.25) is 5.82 Å². The molecule has 0 N–H and O–H groups in total. The van der Waals surface area contributed by atoms with E-state index in [0.29, 0.717) is 0 Å². The summed E-state index contributed by atoms with van der Waals surface area (Å²) in [6.45, 7) is 1.43. The highest BCUT2D eigenvalue weighted by atomic mass is 19.4. The lowest BCUT2D eigenvalue weighted by Gasteiger charge is -2.19. The monoisotopic (exact) mass is 354 g/mol. The van der Waals surface area contributed by atoms with E-state index >= 15 is 0 Å². The molecule has 0 bridgehead atoms. The maximum atomic E-state index is 13.8. The zero-order valence-electron chi connectivity index (χ0n) is 12.8. The molecule has 3 unspecified atom stereocenters. The van der Waals surface area contributed by atoms with Crippen LogP contribution in [0.3, 0.4) is 0 Å². The second-order valence-electron chi connectivity index (χ2n) is 5.17. The second kappa shape index (κ2) is 6.92. The predicted molar refractivity (Wildman–Crippen MR) is 71.6 cm³/mol. The van der Waals surface area contributed by atoms with Crippen molar-refractivity contribution in [1.82, 2.24) is 0 Å². The van der Waals surface area contributed by atoms with Crippen molar-refractivity contribution in [2.45, 2.75) is 37.6 Å². The van der Waals surface area contributed by atoms with Crippen LogP contribution in [-0.2, 0) is 14.3 Å². The molecule has 0 spiro atoms. The van der Waals surface area contributed by atoms with Crippen LogP contribution in [-0.4, -0.2) is 38.1 Å². The van der Waals surface area contributed by atoms with Crippen molar-refractivity contribution >= 4 is 5.97 Å². The highest BCUT2D eigenvalue weighted by Gasteiger charge is 2.53. The van der Waals surface area contributed by atoms with E-state index in [1.54, 1.807) is 0 Å². The number of methoxy groups -OCH3 is 1. The van der Waals surface area contributed by atoms with Crippen LogP contribution >= 0.6 is 0 Å². The number of carbonyl (C=O) groups is 1. The van der Waals surface area contributed by atoms with Crippen LogP contribution in [0.5, 0.6) is 5.75 Å². The number of alkyl halides is 3. The summed E-state index contributed by atoms with van der Waals surface area (Å²) in [6.07, 6.45) is -9.13. The molecule has 1 fully saturated rings. The molecule has 0 aliphatic carbocycles. The van der Waals surface area contributed by atoms with Crippen LogP contribution in [0.25, 0.3) is 0 Å². The highest BCUT2D eigenvalue weighted by Crippen LogP contribution is 2.45. The van der Waals surface area contributed by atoms with Gasteiger partial charge in [0.25, 0.3) is 0 Å². The van der Waals surface area contributed by atoms with Gasteiger partial charge < -0.3 is 14.2 Å². The van der Waals surface area contributed by atoms with E-state index in [0.717, 1.165) is 19.2 Å². The summed E-state index contributed by atoms with van der Waals surface area (Å²) >= 11 is 0. The molecule has 134 valence electrons. The first kappa shape index (κ1) is 18.4. The molecule has 0 saturated carbocycles. The maximum absolute atomic E-state index is 13.8. The van der Waals surface area contributed by atoms with Crippen molar-refractivity contribution in [3.8, 4) is 5.75 Å². The molecule has 9 heteroatoms. The summed E-state index contributed by atoms with van der Waals surface area (Å²) < 4.78 is 80.3. The number of ether oxygens (including phenoxy) is 3. The Morgan fingerprint density at radius 2 is 2.00 bits per heavy atom. The van der Waals surface area contributed by atoms with Gasteiger partial charge in [0.1, 0.15) is 0 Å². The van der Waals surface area contributed by atoms with E-state index in [1.807, 2.05) is 0 Å². The largest absolute Gasteiger partial charge is 0.493 e. The lowest BCUT2D eigenvalue weighted by Crippen LogP contribution is -2.32. The van der Waals surface area contributed by atoms with Crippen LogP contribution in [0.4, 0.5) is 22.0 Å². The average Bonchev–Trinajstić information content (AvgIpc) is 2.95. The third-order valence-electron chi connectivity index (χ3n) is 3.71. The second-order valence-corrected chi connectivity index (χ2v) is 5.17. The topological polar surface area (TPSA) is 44.8 Å². The molecule has 3 atom stereocenters. The minimum atomic E-state index is -4.70. The SMILES string of the molecule is CCOC(=O)C1OC(C(F)(F)F)CC1c1ccc(F)c(F)c1OC. The lowest BCUT2D eigenvalue weighted by atomic mass is 9.89. The molecule has 0 aromatic heterocycles. The fourth-order valence-electron chi connectivity index (χ4n) is 2.67. The van der Waals surface area contributed by atoms with Crippen molar-refractivity contribution in [1.29, 1.82) is 0 Å². The Balaban J connectivity index is 2.45. The van der Waals surface area contributed by atoms with Crippen molar-refractivity contribution in [2.24, 2.45) is 0 Å². The third-order valence-corrected chi connectivity index (χ3v) is 3.71. The van der Waals surface area contributed by atoms with Gasteiger partial charge in [0.15, 0.2) is 23.8 Å². The van der Waals surface area contributed by atoms with Crippen LogP contribution in [0.2, 0.25) is 0 Å². The van der Waals surface area contributed by atoms with Gasteiger partial charge in [-0.2, -0.15) is 17.6 Å². The highest BCUT2D eigenvalue weighted by molar-refractivity contribution is 5.77. The number of carbonyl (C=O) groups excluding carboxylic acids is 1. The van der Waals surface area contributed by atoms with Crippen molar-refractivity contribution in [2.75, 3.05) is 13.7 Å². The first-order chi connectivity index (χ1) is 11.2. The molecule has 1 aromatic carbocycles. The summed E-state index contributed by atoms with van der Waals surface area (Å²) in [7, 11) is 1.05. The maximum Gasteiger partial charge on any atom is 0.414 e. The summed E-state index contributed by atoms with van der Waals surface area (Å²) in [5.41, 5.74) is -0.0822. The Labute approximate surface area is 134 Å². The lowest BCUT2D eigenvalue weighted by molar-refractivity contribution is -0.217. The van der Waals surface area contributed by atoms with Gasteiger partial charge in [0.05, 0.1) is 13.7 Å². The zero-order chi connectivity index (χ0) is 18.1. The number of halogens is 5. The molecular formula is C15H15F5O4. The van der Waals surface area contributed by atoms with E-state index in [2.05, 4.69) is 0 Å². The third kappa shape index (κ3) is 3.45. The van der Waals surface area contributed by atoms with Gasteiger partial charge in [-0.25, -0.2) is 9.18 Å². The molecule has 1 aliphatic rings. The number of hydrogen-bond donors (Lipinski definition) is 0. The molecule has 1 heterocycles. The normalized spacial score (nSPS) is 24.0. The van der Waals surface area contributed by atoms with Crippen molar-refractivity contribution < 1.29 is 41.0 Å². The summed E-state index contributed by atoms with van der Waals surface area (Å²) in [5.74, 6) is -5.29. The summed E-state index contributed by atoms with van der Waals surface area (Å²) in [4.78, 5) is 11.9. The van der Waals surface area contributed by atoms with Gasteiger partial charge >= 0.3 is 12.1 Å². The molecule has 2 rings (SSSR count). The fraction of sp³-hybridized carbons (Fsp3) is 0.533. The predicted octanol–water partition coefficient (Wildman–Crippen LogP) is 3.34. The Morgan fingerprint density at radius 3 is 2.54 bits per heavy atom. The summed E-state index contributed by atoms with van der Waals surface area (Å²) in [6, 6.07) is 1.84. The van der Waals surface area contributed by atoms with Crippen LogP contribution < -0.4 is 4.74 Å². The Hall–Kier alpha value is -1.90. The zero-order valence-corrected chi connectivity index (χ0v) is 12.8. The van der Waals surface area contributed by atoms with Crippen molar-refractivity contribution in [3.05, 3.63) is 29.3 Å². The Bertz CT molecular complexity index is 617. The van der Waals surface area contributed by atoms with E-state index < -0.39 is 54.1 Å². The molecule has 0 radical (unpaired) electrons. The number of hydrogen-bond acceptors (Lipinski definition) is 4. The molecular weight excluding hydrogens is 339 g/mol. The van der Waals surface area contributed by atoms with E-state index in [-0.39, 0.29) is 12.2 Å². The Kier molecular flexibility index (Phi) is 5.32. The van der Waals surface area contributed by atoms with E-state index in [1.165, 1.54) is 6.92 Å². The van der Waals surface area contributed by atoms with Crippen molar-refractivity contribution in [3.63, 3.8) is 0 Å². The molecule has 1 aromatic rings. The number of esters is 1. The minimum absolute atomic E-state index is 0.0585. The quantitative estimate of drug-likeness (QED) is 0.615. The van der Waals surface area contributed by atoms with E-state index in [9.17, 15) is 26.7 Å². The fourth-order valence-corrected chi connectivity index (χ4v) is 2.67. The van der Waals surface area contributed by atoms with Crippen LogP contribution in [0, 0.1) is 11.6 Å². The van der Waals surface area contributed by atoms with Gasteiger partial charge in [-0.1, -0.05) is 6.07 Å². The number of rotatable bonds is 4. The van der Waals surface area contributed by atoms with Crippen LogP contribution in [0.1, 0.15) is 24.8 Å². The molecule has 4 nitrogen and oxygen atoms in total. The first-order valence-electron chi connectivity index (χ1n) is 7.11. The average molecular weight is 354 g/mol. The first-order valence-corrected chi connectivity index (χ1v) is 7.11. The molecule has 1 saturated heterocycles. The minimum Gasteiger partial charge on any atom is -0.493 e. The van der Waals surface area contributed by atoms with Gasteiger partial charge in [-0.3, -0.25) is 0 Å². The van der Waals surface area contributed by atoms with Gasteiger partial charge in [0, 0.05) is 11.5 Å².